The zero-order valence-corrected chi connectivity index (χ0v) is 15.0. The highest BCUT2D eigenvalue weighted by molar-refractivity contribution is 6.30. The fraction of sp³-hybridized carbons (Fsp3) is 0.429. The van der Waals surface area contributed by atoms with Gasteiger partial charge in [-0.1, -0.05) is 54.1 Å². The average molecular weight is 343 g/mol. The number of hydrogen-bond acceptors (Lipinski definition) is 2. The molecule has 0 spiro atoms. The first kappa shape index (κ1) is 17.5. The van der Waals surface area contributed by atoms with Gasteiger partial charge in [-0.15, -0.1) is 0 Å². The maximum absolute atomic E-state index is 5.94. The van der Waals surface area contributed by atoms with Crippen LogP contribution in [0.3, 0.4) is 0 Å². The summed E-state index contributed by atoms with van der Waals surface area (Å²) < 4.78 is 0. The van der Waals surface area contributed by atoms with Gasteiger partial charge in [0.25, 0.3) is 0 Å². The van der Waals surface area contributed by atoms with Crippen molar-refractivity contribution in [2.24, 2.45) is 0 Å². The number of piperidine rings is 1. The highest BCUT2D eigenvalue weighted by Gasteiger charge is 2.18. The van der Waals surface area contributed by atoms with E-state index in [1.165, 1.54) is 37.1 Å². The van der Waals surface area contributed by atoms with Gasteiger partial charge in [0.2, 0.25) is 0 Å². The van der Waals surface area contributed by atoms with E-state index in [0.29, 0.717) is 6.04 Å². The second-order valence-corrected chi connectivity index (χ2v) is 7.12. The summed E-state index contributed by atoms with van der Waals surface area (Å²) in [6.45, 7) is 4.64. The molecule has 0 atom stereocenters. The Morgan fingerprint density at radius 3 is 2.25 bits per heavy atom. The summed E-state index contributed by atoms with van der Waals surface area (Å²) in [5.74, 6) is 0. The molecule has 2 nitrogen and oxygen atoms in total. The van der Waals surface area contributed by atoms with Crippen molar-refractivity contribution in [3.8, 4) is 0 Å². The molecule has 1 fully saturated rings. The molecule has 3 heteroatoms. The van der Waals surface area contributed by atoms with E-state index in [2.05, 4.69) is 52.7 Å². The number of likely N-dealkylation sites (tertiary alicyclic amines) is 1. The maximum atomic E-state index is 5.94. The van der Waals surface area contributed by atoms with E-state index in [-0.39, 0.29) is 0 Å². The molecule has 3 rings (SSSR count). The van der Waals surface area contributed by atoms with E-state index >= 15 is 0 Å². The van der Waals surface area contributed by atoms with Crippen LogP contribution < -0.4 is 5.32 Å². The van der Waals surface area contributed by atoms with Gasteiger partial charge in [-0.2, -0.15) is 0 Å². The summed E-state index contributed by atoms with van der Waals surface area (Å²) in [5.41, 5.74) is 2.80. The first-order valence-corrected chi connectivity index (χ1v) is 9.41. The molecule has 24 heavy (non-hydrogen) atoms. The van der Waals surface area contributed by atoms with E-state index in [4.69, 9.17) is 11.6 Å². The van der Waals surface area contributed by atoms with Crippen LogP contribution in [0.2, 0.25) is 5.02 Å². The van der Waals surface area contributed by atoms with Crippen molar-refractivity contribution in [1.82, 2.24) is 10.2 Å². The topological polar surface area (TPSA) is 15.3 Å². The largest absolute Gasteiger partial charge is 0.314 e. The van der Waals surface area contributed by atoms with Crippen LogP contribution in [0.15, 0.2) is 54.6 Å². The molecule has 2 aromatic rings. The Morgan fingerprint density at radius 1 is 0.875 bits per heavy atom. The molecule has 1 aliphatic rings. The summed E-state index contributed by atoms with van der Waals surface area (Å²) in [5, 5.41) is 4.55. The lowest BCUT2D eigenvalue weighted by atomic mass is 10.0. The van der Waals surface area contributed by atoms with E-state index in [9.17, 15) is 0 Å². The molecule has 0 bridgehead atoms. The van der Waals surface area contributed by atoms with Crippen LogP contribution in [0.1, 0.15) is 24.0 Å². The predicted molar refractivity (Wildman–Crippen MR) is 103 cm³/mol. The van der Waals surface area contributed by atoms with Gasteiger partial charge < -0.3 is 10.2 Å². The Morgan fingerprint density at radius 2 is 1.54 bits per heavy atom. The number of rotatable bonds is 7. The lowest BCUT2D eigenvalue weighted by Gasteiger charge is -2.32. The third-order valence-corrected chi connectivity index (χ3v) is 5.16. The Bertz CT molecular complexity index is 589. The molecule has 1 N–H and O–H groups in total. The Kier molecular flexibility index (Phi) is 6.71. The van der Waals surface area contributed by atoms with Gasteiger partial charge in [0.15, 0.2) is 0 Å². The minimum Gasteiger partial charge on any atom is -0.314 e. The molecule has 0 aromatic heterocycles. The standard InChI is InChI=1S/C21H27ClN2/c22-20-8-6-19(7-9-20)11-15-24-16-12-21(13-17-24)23-14-10-18-4-2-1-3-5-18/h1-9,21,23H,10-17H2. The van der Waals surface area contributed by atoms with E-state index < -0.39 is 0 Å². The Labute approximate surface area is 150 Å². The first-order valence-electron chi connectivity index (χ1n) is 9.04. The zero-order chi connectivity index (χ0) is 16.6. The van der Waals surface area contributed by atoms with Crippen molar-refractivity contribution in [2.45, 2.75) is 31.7 Å². The number of halogens is 1. The van der Waals surface area contributed by atoms with Gasteiger partial charge in [0.1, 0.15) is 0 Å². The van der Waals surface area contributed by atoms with Gasteiger partial charge in [-0.05, 0) is 68.6 Å². The summed E-state index contributed by atoms with van der Waals surface area (Å²) >= 11 is 5.94. The number of benzene rings is 2. The summed E-state index contributed by atoms with van der Waals surface area (Å²) in [6.07, 6.45) is 4.76. The fourth-order valence-corrected chi connectivity index (χ4v) is 3.49. The minimum atomic E-state index is 0.681. The molecule has 0 amide bonds. The van der Waals surface area contributed by atoms with Gasteiger partial charge >= 0.3 is 0 Å². The van der Waals surface area contributed by atoms with Crippen LogP contribution in [0.4, 0.5) is 0 Å². The molecule has 0 radical (unpaired) electrons. The quantitative estimate of drug-likeness (QED) is 0.812. The number of hydrogen-bond donors (Lipinski definition) is 1. The Hall–Kier alpha value is -1.35. The second-order valence-electron chi connectivity index (χ2n) is 6.68. The molecule has 2 aromatic carbocycles. The summed E-state index contributed by atoms with van der Waals surface area (Å²) in [6, 6.07) is 19.7. The molecule has 128 valence electrons. The van der Waals surface area contributed by atoms with Crippen LogP contribution in [0.5, 0.6) is 0 Å². The van der Waals surface area contributed by atoms with E-state index in [0.717, 1.165) is 31.0 Å². The lowest BCUT2D eigenvalue weighted by molar-refractivity contribution is 0.200. The highest BCUT2D eigenvalue weighted by Crippen LogP contribution is 2.13. The van der Waals surface area contributed by atoms with Gasteiger partial charge in [-0.3, -0.25) is 0 Å². The van der Waals surface area contributed by atoms with Crippen LogP contribution in [-0.4, -0.2) is 37.1 Å². The van der Waals surface area contributed by atoms with Crippen LogP contribution in [-0.2, 0) is 12.8 Å². The molecular formula is C21H27ClN2. The molecule has 0 unspecified atom stereocenters. The van der Waals surface area contributed by atoms with Crippen molar-refractivity contribution >= 4 is 11.6 Å². The summed E-state index contributed by atoms with van der Waals surface area (Å²) in [7, 11) is 0. The van der Waals surface area contributed by atoms with Crippen LogP contribution in [0.25, 0.3) is 0 Å². The molecule has 0 saturated carbocycles. The monoisotopic (exact) mass is 342 g/mol. The second kappa shape index (κ2) is 9.22. The van der Waals surface area contributed by atoms with E-state index in [1.54, 1.807) is 0 Å². The third kappa shape index (κ3) is 5.62. The molecular weight excluding hydrogens is 316 g/mol. The Balaban J connectivity index is 1.31. The van der Waals surface area contributed by atoms with Gasteiger partial charge in [0.05, 0.1) is 0 Å². The fourth-order valence-electron chi connectivity index (χ4n) is 3.36. The zero-order valence-electron chi connectivity index (χ0n) is 14.3. The lowest BCUT2D eigenvalue weighted by Crippen LogP contribution is -2.43. The maximum Gasteiger partial charge on any atom is 0.0406 e. The van der Waals surface area contributed by atoms with Crippen molar-refractivity contribution in [3.05, 3.63) is 70.7 Å². The van der Waals surface area contributed by atoms with Crippen LogP contribution in [0, 0.1) is 0 Å². The van der Waals surface area contributed by atoms with Gasteiger partial charge in [-0.25, -0.2) is 0 Å². The SMILES string of the molecule is Clc1ccc(CCN2CCC(NCCc3ccccc3)CC2)cc1. The smallest absolute Gasteiger partial charge is 0.0406 e. The predicted octanol–water partition coefficient (Wildman–Crippen LogP) is 4.18. The van der Waals surface area contributed by atoms with Crippen molar-refractivity contribution < 1.29 is 0 Å². The molecule has 0 aliphatic carbocycles. The average Bonchev–Trinajstić information content (AvgIpc) is 2.63. The number of nitrogens with zero attached hydrogens (tertiary/aromatic N) is 1. The molecule has 1 saturated heterocycles. The highest BCUT2D eigenvalue weighted by atomic mass is 35.5. The molecule has 1 aliphatic heterocycles. The van der Waals surface area contributed by atoms with Crippen molar-refractivity contribution in [1.29, 1.82) is 0 Å². The van der Waals surface area contributed by atoms with E-state index in [1.807, 2.05) is 12.1 Å². The van der Waals surface area contributed by atoms with Gasteiger partial charge in [0, 0.05) is 17.6 Å². The third-order valence-electron chi connectivity index (χ3n) is 4.91. The molecule has 1 heterocycles. The summed E-state index contributed by atoms with van der Waals surface area (Å²) in [4.78, 5) is 2.59. The first-order chi connectivity index (χ1) is 11.8. The normalized spacial score (nSPS) is 16.4. The van der Waals surface area contributed by atoms with Crippen molar-refractivity contribution in [3.63, 3.8) is 0 Å². The van der Waals surface area contributed by atoms with Crippen molar-refractivity contribution in [2.75, 3.05) is 26.2 Å². The number of nitrogens with one attached hydrogen (secondary N) is 1. The minimum absolute atomic E-state index is 0.681. The van der Waals surface area contributed by atoms with Crippen LogP contribution >= 0.6 is 11.6 Å².